The highest BCUT2D eigenvalue weighted by atomic mass is 19.1. The van der Waals surface area contributed by atoms with Gasteiger partial charge in [-0.1, -0.05) is 12.1 Å². The molecule has 1 heterocycles. The third-order valence-electron chi connectivity index (χ3n) is 2.92. The minimum absolute atomic E-state index is 0.0291. The Balaban J connectivity index is 2.12. The third kappa shape index (κ3) is 2.40. The fourth-order valence-electron chi connectivity index (χ4n) is 1.91. The molecule has 0 saturated carbocycles. The maximum absolute atomic E-state index is 13.1. The van der Waals surface area contributed by atoms with E-state index in [4.69, 9.17) is 10.5 Å². The van der Waals surface area contributed by atoms with Gasteiger partial charge in [-0.3, -0.25) is 0 Å². The molecular formula is C12H17FN2O. The summed E-state index contributed by atoms with van der Waals surface area (Å²) in [7, 11) is 0. The average Bonchev–Trinajstić information content (AvgIpc) is 2.33. The summed E-state index contributed by atoms with van der Waals surface area (Å²) in [6, 6.07) is 4.77. The van der Waals surface area contributed by atoms with Gasteiger partial charge in [0.05, 0.1) is 18.8 Å². The molecule has 0 aliphatic carbocycles. The second-order valence-corrected chi connectivity index (χ2v) is 4.15. The van der Waals surface area contributed by atoms with Crippen molar-refractivity contribution in [3.05, 3.63) is 35.1 Å². The lowest BCUT2D eigenvalue weighted by Crippen LogP contribution is -2.44. The van der Waals surface area contributed by atoms with E-state index in [-0.39, 0.29) is 18.0 Å². The topological polar surface area (TPSA) is 47.3 Å². The molecule has 2 rings (SSSR count). The average molecular weight is 224 g/mol. The molecule has 1 aliphatic heterocycles. The van der Waals surface area contributed by atoms with Crippen LogP contribution in [-0.4, -0.2) is 25.8 Å². The van der Waals surface area contributed by atoms with Crippen LogP contribution >= 0.6 is 0 Å². The maximum atomic E-state index is 13.1. The fourth-order valence-corrected chi connectivity index (χ4v) is 1.91. The molecule has 2 unspecified atom stereocenters. The fraction of sp³-hybridized carbons (Fsp3) is 0.500. The van der Waals surface area contributed by atoms with Gasteiger partial charge >= 0.3 is 0 Å². The zero-order chi connectivity index (χ0) is 11.5. The Morgan fingerprint density at radius 3 is 3.00 bits per heavy atom. The van der Waals surface area contributed by atoms with Gasteiger partial charge in [-0.25, -0.2) is 4.39 Å². The van der Waals surface area contributed by atoms with E-state index in [0.717, 1.165) is 18.7 Å². The van der Waals surface area contributed by atoms with Gasteiger partial charge in [0, 0.05) is 13.1 Å². The molecule has 3 nitrogen and oxygen atoms in total. The van der Waals surface area contributed by atoms with Crippen LogP contribution < -0.4 is 11.1 Å². The van der Waals surface area contributed by atoms with Crippen molar-refractivity contribution in [2.75, 3.05) is 19.7 Å². The highest BCUT2D eigenvalue weighted by molar-refractivity contribution is 5.27. The molecule has 0 amide bonds. The van der Waals surface area contributed by atoms with E-state index in [2.05, 4.69) is 5.32 Å². The quantitative estimate of drug-likeness (QED) is 0.791. The van der Waals surface area contributed by atoms with Crippen LogP contribution in [-0.2, 0) is 4.74 Å². The standard InChI is InChI=1S/C12H17FN2O/c1-8-6-9(2-3-10(8)13)12(14)11-7-15-4-5-16-11/h2-3,6,11-12,15H,4-5,7,14H2,1H3. The zero-order valence-electron chi connectivity index (χ0n) is 9.37. The van der Waals surface area contributed by atoms with E-state index in [1.54, 1.807) is 19.1 Å². The second kappa shape index (κ2) is 4.91. The SMILES string of the molecule is Cc1cc(C(N)C2CNCCO2)ccc1F. The van der Waals surface area contributed by atoms with Gasteiger partial charge in [-0.2, -0.15) is 0 Å². The van der Waals surface area contributed by atoms with E-state index >= 15 is 0 Å². The van der Waals surface area contributed by atoms with Crippen molar-refractivity contribution < 1.29 is 9.13 Å². The summed E-state index contributed by atoms with van der Waals surface area (Å²) in [6.45, 7) is 4.04. The monoisotopic (exact) mass is 224 g/mol. The van der Waals surface area contributed by atoms with Gasteiger partial charge in [0.15, 0.2) is 0 Å². The smallest absolute Gasteiger partial charge is 0.126 e. The molecule has 1 aromatic carbocycles. The van der Waals surface area contributed by atoms with Crippen molar-refractivity contribution in [1.29, 1.82) is 0 Å². The Bertz CT molecular complexity index is 364. The minimum Gasteiger partial charge on any atom is -0.374 e. The van der Waals surface area contributed by atoms with Crippen LogP contribution in [0, 0.1) is 12.7 Å². The molecule has 88 valence electrons. The first kappa shape index (κ1) is 11.5. The number of morpholine rings is 1. The first-order valence-corrected chi connectivity index (χ1v) is 5.52. The Hall–Kier alpha value is -0.970. The Kier molecular flexibility index (Phi) is 3.53. The number of aryl methyl sites for hydroxylation is 1. The number of hydrogen-bond donors (Lipinski definition) is 2. The van der Waals surface area contributed by atoms with Gasteiger partial charge in [-0.15, -0.1) is 0 Å². The summed E-state index contributed by atoms with van der Waals surface area (Å²) in [5.41, 5.74) is 7.65. The molecule has 1 saturated heterocycles. The number of nitrogens with two attached hydrogens (primary N) is 1. The molecule has 3 N–H and O–H groups in total. The number of rotatable bonds is 2. The van der Waals surface area contributed by atoms with Crippen molar-refractivity contribution >= 4 is 0 Å². The molecule has 0 aromatic heterocycles. The molecule has 16 heavy (non-hydrogen) atoms. The Labute approximate surface area is 94.8 Å². The third-order valence-corrected chi connectivity index (χ3v) is 2.92. The lowest BCUT2D eigenvalue weighted by atomic mass is 9.99. The van der Waals surface area contributed by atoms with Crippen LogP contribution in [0.5, 0.6) is 0 Å². The molecule has 1 aliphatic rings. The van der Waals surface area contributed by atoms with Gasteiger partial charge in [0.1, 0.15) is 5.82 Å². The molecule has 0 spiro atoms. The number of benzene rings is 1. The predicted octanol–water partition coefficient (Wildman–Crippen LogP) is 1.12. The largest absolute Gasteiger partial charge is 0.374 e. The maximum Gasteiger partial charge on any atom is 0.126 e. The van der Waals surface area contributed by atoms with Crippen molar-refractivity contribution in [2.24, 2.45) is 5.73 Å². The van der Waals surface area contributed by atoms with E-state index < -0.39 is 0 Å². The Morgan fingerprint density at radius 1 is 1.56 bits per heavy atom. The number of nitrogens with one attached hydrogen (secondary N) is 1. The van der Waals surface area contributed by atoms with Crippen LogP contribution in [0.3, 0.4) is 0 Å². The number of hydrogen-bond acceptors (Lipinski definition) is 3. The van der Waals surface area contributed by atoms with E-state index in [9.17, 15) is 4.39 Å². The summed E-state index contributed by atoms with van der Waals surface area (Å²) in [4.78, 5) is 0. The predicted molar refractivity (Wildman–Crippen MR) is 60.7 cm³/mol. The second-order valence-electron chi connectivity index (χ2n) is 4.15. The summed E-state index contributed by atoms with van der Waals surface area (Å²) in [5.74, 6) is -0.196. The van der Waals surface area contributed by atoms with Gasteiger partial charge in [-0.05, 0) is 24.1 Å². The molecule has 4 heteroatoms. The van der Waals surface area contributed by atoms with Crippen molar-refractivity contribution in [3.63, 3.8) is 0 Å². The van der Waals surface area contributed by atoms with E-state index in [0.29, 0.717) is 12.2 Å². The lowest BCUT2D eigenvalue weighted by Gasteiger charge is -2.29. The van der Waals surface area contributed by atoms with Crippen molar-refractivity contribution in [3.8, 4) is 0 Å². The highest BCUT2D eigenvalue weighted by Crippen LogP contribution is 2.20. The highest BCUT2D eigenvalue weighted by Gasteiger charge is 2.22. The summed E-state index contributed by atoms with van der Waals surface area (Å²) in [5, 5.41) is 3.23. The molecule has 0 bridgehead atoms. The van der Waals surface area contributed by atoms with Gasteiger partial charge in [0.2, 0.25) is 0 Å². The molecule has 0 radical (unpaired) electrons. The van der Waals surface area contributed by atoms with Crippen LogP contribution in [0.1, 0.15) is 17.2 Å². The lowest BCUT2D eigenvalue weighted by molar-refractivity contribution is 0.0122. The summed E-state index contributed by atoms with van der Waals surface area (Å²) < 4.78 is 18.7. The molecular weight excluding hydrogens is 207 g/mol. The van der Waals surface area contributed by atoms with Gasteiger partial charge < -0.3 is 15.8 Å². The number of halogens is 1. The van der Waals surface area contributed by atoms with E-state index in [1.807, 2.05) is 0 Å². The summed E-state index contributed by atoms with van der Waals surface area (Å²) in [6.07, 6.45) is -0.0291. The van der Waals surface area contributed by atoms with Gasteiger partial charge in [0.25, 0.3) is 0 Å². The molecule has 2 atom stereocenters. The van der Waals surface area contributed by atoms with Crippen LogP contribution in [0.25, 0.3) is 0 Å². The minimum atomic E-state index is -0.202. The molecule has 1 fully saturated rings. The van der Waals surface area contributed by atoms with Crippen molar-refractivity contribution in [2.45, 2.75) is 19.1 Å². The Morgan fingerprint density at radius 2 is 2.38 bits per heavy atom. The first-order valence-electron chi connectivity index (χ1n) is 5.52. The van der Waals surface area contributed by atoms with Crippen LogP contribution in [0.2, 0.25) is 0 Å². The first-order chi connectivity index (χ1) is 7.68. The van der Waals surface area contributed by atoms with Crippen LogP contribution in [0.4, 0.5) is 4.39 Å². The number of ether oxygens (including phenoxy) is 1. The molecule has 1 aromatic rings. The van der Waals surface area contributed by atoms with Crippen molar-refractivity contribution in [1.82, 2.24) is 5.32 Å². The van der Waals surface area contributed by atoms with E-state index in [1.165, 1.54) is 6.07 Å². The van der Waals surface area contributed by atoms with Crippen LogP contribution in [0.15, 0.2) is 18.2 Å². The zero-order valence-corrected chi connectivity index (χ0v) is 9.37. The summed E-state index contributed by atoms with van der Waals surface area (Å²) >= 11 is 0. The normalized spacial score (nSPS) is 23.1.